The Morgan fingerprint density at radius 3 is 2.64 bits per heavy atom. The Hall–Kier alpha value is -2.76. The zero-order valence-electron chi connectivity index (χ0n) is 14.7. The van der Waals surface area contributed by atoms with Gasteiger partial charge in [0.2, 0.25) is 0 Å². The average Bonchev–Trinajstić information content (AvgIpc) is 2.73. The standard InChI is InChI=1S/C22H15BrClN3O/c23-16-5-8-20-18(10-16)19(11-21(27-20)15-2-1-9-25-13-15)22(28)26-12-14-3-6-17(24)7-4-14/h1-11,13H,12H2,(H,26,28). The summed E-state index contributed by atoms with van der Waals surface area (Å²) in [5.41, 5.74) is 3.86. The lowest BCUT2D eigenvalue weighted by molar-refractivity contribution is 0.0952. The Morgan fingerprint density at radius 2 is 1.89 bits per heavy atom. The zero-order valence-corrected chi connectivity index (χ0v) is 17.0. The van der Waals surface area contributed by atoms with Crippen LogP contribution in [0, 0.1) is 0 Å². The number of nitrogens with one attached hydrogen (secondary N) is 1. The van der Waals surface area contributed by atoms with Crippen LogP contribution in [0.15, 0.2) is 77.5 Å². The normalized spacial score (nSPS) is 10.8. The van der Waals surface area contributed by atoms with Crippen molar-refractivity contribution in [3.05, 3.63) is 93.7 Å². The maximum absolute atomic E-state index is 13.0. The highest BCUT2D eigenvalue weighted by molar-refractivity contribution is 9.10. The molecule has 0 saturated carbocycles. The summed E-state index contributed by atoms with van der Waals surface area (Å²) in [6.45, 7) is 0.413. The number of hydrogen-bond donors (Lipinski definition) is 1. The van der Waals surface area contributed by atoms with Crippen molar-refractivity contribution in [2.45, 2.75) is 6.54 Å². The number of amides is 1. The first-order valence-corrected chi connectivity index (χ1v) is 9.80. The fourth-order valence-electron chi connectivity index (χ4n) is 2.93. The van der Waals surface area contributed by atoms with Crippen LogP contribution in [0.2, 0.25) is 5.02 Å². The molecule has 0 unspecified atom stereocenters. The Kier molecular flexibility index (Phi) is 5.37. The van der Waals surface area contributed by atoms with E-state index in [4.69, 9.17) is 16.6 Å². The summed E-state index contributed by atoms with van der Waals surface area (Å²) in [6.07, 6.45) is 3.45. The minimum absolute atomic E-state index is 0.161. The van der Waals surface area contributed by atoms with Crippen molar-refractivity contribution >= 4 is 44.3 Å². The number of benzene rings is 2. The second-order valence-electron chi connectivity index (χ2n) is 6.27. The first-order chi connectivity index (χ1) is 13.6. The van der Waals surface area contributed by atoms with Gasteiger partial charge in [-0.2, -0.15) is 0 Å². The average molecular weight is 453 g/mol. The molecule has 2 aromatic carbocycles. The lowest BCUT2D eigenvalue weighted by Crippen LogP contribution is -2.23. The highest BCUT2D eigenvalue weighted by Gasteiger charge is 2.14. The van der Waals surface area contributed by atoms with Crippen LogP contribution in [0.3, 0.4) is 0 Å². The van der Waals surface area contributed by atoms with Crippen molar-refractivity contribution in [1.82, 2.24) is 15.3 Å². The minimum Gasteiger partial charge on any atom is -0.348 e. The van der Waals surface area contributed by atoms with Gasteiger partial charge in [-0.3, -0.25) is 9.78 Å². The summed E-state index contributed by atoms with van der Waals surface area (Å²) in [5, 5.41) is 4.44. The van der Waals surface area contributed by atoms with Gasteiger partial charge in [-0.05, 0) is 54.1 Å². The van der Waals surface area contributed by atoms with Crippen LogP contribution in [0.4, 0.5) is 0 Å². The summed E-state index contributed by atoms with van der Waals surface area (Å²) in [7, 11) is 0. The largest absolute Gasteiger partial charge is 0.348 e. The molecule has 0 radical (unpaired) electrons. The molecule has 4 rings (SSSR count). The molecule has 0 atom stereocenters. The van der Waals surface area contributed by atoms with E-state index >= 15 is 0 Å². The Bertz CT molecular complexity index is 1150. The second-order valence-corrected chi connectivity index (χ2v) is 7.62. The van der Waals surface area contributed by atoms with Crippen LogP contribution in [0.5, 0.6) is 0 Å². The minimum atomic E-state index is -0.161. The lowest BCUT2D eigenvalue weighted by atomic mass is 10.0. The Labute approximate surface area is 175 Å². The van der Waals surface area contributed by atoms with E-state index in [-0.39, 0.29) is 5.91 Å². The van der Waals surface area contributed by atoms with E-state index in [0.717, 1.165) is 26.5 Å². The summed E-state index contributed by atoms with van der Waals surface area (Å²) in [5.74, 6) is -0.161. The summed E-state index contributed by atoms with van der Waals surface area (Å²) >= 11 is 9.40. The molecular formula is C22H15BrClN3O. The fraction of sp³-hybridized carbons (Fsp3) is 0.0455. The molecule has 1 amide bonds. The second kappa shape index (κ2) is 8.09. The molecule has 0 aliphatic heterocycles. The third-order valence-corrected chi connectivity index (χ3v) is 5.08. The number of halogens is 2. The van der Waals surface area contributed by atoms with Crippen LogP contribution in [-0.2, 0) is 6.54 Å². The molecule has 4 aromatic rings. The Balaban J connectivity index is 1.72. The Morgan fingerprint density at radius 1 is 1.07 bits per heavy atom. The molecular weight excluding hydrogens is 438 g/mol. The van der Waals surface area contributed by atoms with E-state index in [2.05, 4.69) is 26.2 Å². The molecule has 0 saturated heterocycles. The predicted octanol–water partition coefficient (Wildman–Crippen LogP) is 5.64. The molecule has 0 fully saturated rings. The van der Waals surface area contributed by atoms with Crippen molar-refractivity contribution in [1.29, 1.82) is 0 Å². The van der Waals surface area contributed by atoms with Gasteiger partial charge in [0.1, 0.15) is 0 Å². The van der Waals surface area contributed by atoms with Crippen molar-refractivity contribution < 1.29 is 4.79 Å². The molecule has 138 valence electrons. The molecule has 2 heterocycles. The van der Waals surface area contributed by atoms with Gasteiger partial charge in [0.15, 0.2) is 0 Å². The first-order valence-electron chi connectivity index (χ1n) is 8.63. The number of pyridine rings is 2. The van der Waals surface area contributed by atoms with Gasteiger partial charge in [0.25, 0.3) is 5.91 Å². The third-order valence-electron chi connectivity index (χ3n) is 4.34. The molecule has 0 aliphatic rings. The lowest BCUT2D eigenvalue weighted by Gasteiger charge is -2.11. The van der Waals surface area contributed by atoms with Gasteiger partial charge in [-0.1, -0.05) is 39.7 Å². The first kappa shape index (κ1) is 18.6. The van der Waals surface area contributed by atoms with Crippen LogP contribution in [-0.4, -0.2) is 15.9 Å². The van der Waals surface area contributed by atoms with E-state index in [1.807, 2.05) is 60.7 Å². The van der Waals surface area contributed by atoms with Gasteiger partial charge in [-0.15, -0.1) is 0 Å². The van der Waals surface area contributed by atoms with Gasteiger partial charge in [-0.25, -0.2) is 4.98 Å². The molecule has 2 aromatic heterocycles. The molecule has 0 aliphatic carbocycles. The number of rotatable bonds is 4. The number of hydrogen-bond acceptors (Lipinski definition) is 3. The number of aromatic nitrogens is 2. The fourth-order valence-corrected chi connectivity index (χ4v) is 3.41. The number of fused-ring (bicyclic) bond motifs is 1. The van der Waals surface area contributed by atoms with E-state index in [1.54, 1.807) is 12.4 Å². The van der Waals surface area contributed by atoms with Crippen LogP contribution < -0.4 is 5.32 Å². The van der Waals surface area contributed by atoms with Crippen molar-refractivity contribution in [3.8, 4) is 11.3 Å². The number of carbonyl (C=O) groups excluding carboxylic acids is 1. The van der Waals surface area contributed by atoms with Crippen molar-refractivity contribution in [2.24, 2.45) is 0 Å². The van der Waals surface area contributed by atoms with E-state index in [9.17, 15) is 4.79 Å². The van der Waals surface area contributed by atoms with E-state index in [1.165, 1.54) is 0 Å². The highest BCUT2D eigenvalue weighted by Crippen LogP contribution is 2.27. The van der Waals surface area contributed by atoms with Gasteiger partial charge in [0, 0.05) is 39.4 Å². The third kappa shape index (κ3) is 4.06. The summed E-state index contributed by atoms with van der Waals surface area (Å²) in [4.78, 5) is 21.9. The van der Waals surface area contributed by atoms with Crippen molar-refractivity contribution in [3.63, 3.8) is 0 Å². The maximum atomic E-state index is 13.0. The molecule has 0 spiro atoms. The number of nitrogens with zero attached hydrogens (tertiary/aromatic N) is 2. The maximum Gasteiger partial charge on any atom is 0.252 e. The van der Waals surface area contributed by atoms with Gasteiger partial charge in [0.05, 0.1) is 16.8 Å². The van der Waals surface area contributed by atoms with Gasteiger partial charge >= 0.3 is 0 Å². The van der Waals surface area contributed by atoms with Crippen LogP contribution >= 0.6 is 27.5 Å². The smallest absolute Gasteiger partial charge is 0.252 e. The summed E-state index contributed by atoms with van der Waals surface area (Å²) < 4.78 is 0.891. The monoisotopic (exact) mass is 451 g/mol. The predicted molar refractivity (Wildman–Crippen MR) is 115 cm³/mol. The molecule has 28 heavy (non-hydrogen) atoms. The SMILES string of the molecule is O=C(NCc1ccc(Cl)cc1)c1cc(-c2cccnc2)nc2ccc(Br)cc12. The van der Waals surface area contributed by atoms with E-state index in [0.29, 0.717) is 22.8 Å². The highest BCUT2D eigenvalue weighted by atomic mass is 79.9. The molecule has 6 heteroatoms. The number of carbonyl (C=O) groups is 1. The molecule has 1 N–H and O–H groups in total. The topological polar surface area (TPSA) is 54.9 Å². The van der Waals surface area contributed by atoms with Gasteiger partial charge < -0.3 is 5.32 Å². The van der Waals surface area contributed by atoms with E-state index < -0.39 is 0 Å². The zero-order chi connectivity index (χ0) is 19.5. The van der Waals surface area contributed by atoms with Crippen LogP contribution in [0.25, 0.3) is 22.2 Å². The summed E-state index contributed by atoms with van der Waals surface area (Å²) in [6, 6.07) is 18.7. The quantitative estimate of drug-likeness (QED) is 0.436. The van der Waals surface area contributed by atoms with Crippen molar-refractivity contribution in [2.75, 3.05) is 0 Å². The molecule has 0 bridgehead atoms. The van der Waals surface area contributed by atoms with Crippen LogP contribution in [0.1, 0.15) is 15.9 Å². The molecule has 4 nitrogen and oxygen atoms in total.